The van der Waals surface area contributed by atoms with Crippen LogP contribution in [0.2, 0.25) is 0 Å². The van der Waals surface area contributed by atoms with Crippen LogP contribution in [0.15, 0.2) is 47.6 Å². The van der Waals surface area contributed by atoms with Crippen LogP contribution >= 0.6 is 0 Å². The van der Waals surface area contributed by atoms with Gasteiger partial charge in [-0.25, -0.2) is 0 Å². The van der Waals surface area contributed by atoms with Crippen molar-refractivity contribution in [3.8, 4) is 0 Å². The van der Waals surface area contributed by atoms with Gasteiger partial charge in [0, 0.05) is 5.56 Å². The Morgan fingerprint density at radius 2 is 1.74 bits per heavy atom. The van der Waals surface area contributed by atoms with E-state index in [2.05, 4.69) is 32.9 Å². The molecule has 102 valence electrons. The first kappa shape index (κ1) is 15.4. The summed E-state index contributed by atoms with van der Waals surface area (Å²) in [6.07, 6.45) is 7.53. The Kier molecular flexibility index (Phi) is 6.27. The monoisotopic (exact) mass is 256 g/mol. The quantitative estimate of drug-likeness (QED) is 0.509. The summed E-state index contributed by atoms with van der Waals surface area (Å²) in [5.74, 6) is 0.145. The highest BCUT2D eigenvalue weighted by Crippen LogP contribution is 2.13. The molecule has 0 heterocycles. The molecule has 0 bridgehead atoms. The van der Waals surface area contributed by atoms with E-state index in [4.69, 9.17) is 0 Å². The lowest BCUT2D eigenvalue weighted by atomic mass is 10.00. The van der Waals surface area contributed by atoms with Gasteiger partial charge in [0.15, 0.2) is 5.78 Å². The Bertz CT molecular complexity index is 488. The SMILES string of the molecule is CC(=O)c1ccccc1C/C=C(\C)CCC=C(C)C. The number of allylic oxidation sites excluding steroid dienone is 4. The minimum Gasteiger partial charge on any atom is -0.295 e. The molecule has 19 heavy (non-hydrogen) atoms. The number of hydrogen-bond donors (Lipinski definition) is 0. The number of hydrogen-bond acceptors (Lipinski definition) is 1. The predicted molar refractivity (Wildman–Crippen MR) is 82.6 cm³/mol. The second-order valence-corrected chi connectivity index (χ2v) is 5.29. The molecule has 0 aromatic heterocycles. The maximum absolute atomic E-state index is 11.5. The number of ketones is 1. The first-order valence-corrected chi connectivity index (χ1v) is 6.88. The molecule has 1 heteroatoms. The van der Waals surface area contributed by atoms with E-state index in [1.54, 1.807) is 6.92 Å². The lowest BCUT2D eigenvalue weighted by molar-refractivity contribution is 0.101. The molecule has 0 aliphatic rings. The molecule has 0 aliphatic heterocycles. The van der Waals surface area contributed by atoms with Crippen LogP contribution in [0.3, 0.4) is 0 Å². The highest BCUT2D eigenvalue weighted by atomic mass is 16.1. The molecule has 1 aromatic rings. The van der Waals surface area contributed by atoms with Gasteiger partial charge in [0.05, 0.1) is 0 Å². The molecule has 0 spiro atoms. The number of rotatable bonds is 6. The minimum absolute atomic E-state index is 0.145. The number of Topliss-reactive ketones (excluding diaryl/α,β-unsaturated/α-hetero) is 1. The average molecular weight is 256 g/mol. The van der Waals surface area contributed by atoms with E-state index >= 15 is 0 Å². The van der Waals surface area contributed by atoms with Crippen LogP contribution in [-0.4, -0.2) is 5.78 Å². The highest BCUT2D eigenvalue weighted by Gasteiger charge is 2.04. The van der Waals surface area contributed by atoms with Crippen molar-refractivity contribution in [1.29, 1.82) is 0 Å². The summed E-state index contributed by atoms with van der Waals surface area (Å²) in [6, 6.07) is 7.86. The van der Waals surface area contributed by atoms with Crippen molar-refractivity contribution in [2.75, 3.05) is 0 Å². The molecule has 0 radical (unpaired) electrons. The molecule has 1 nitrogen and oxygen atoms in total. The van der Waals surface area contributed by atoms with Crippen molar-refractivity contribution in [3.63, 3.8) is 0 Å². The molecule has 0 N–H and O–H groups in total. The minimum atomic E-state index is 0.145. The highest BCUT2D eigenvalue weighted by molar-refractivity contribution is 5.95. The van der Waals surface area contributed by atoms with Crippen molar-refractivity contribution in [3.05, 3.63) is 58.7 Å². The molecule has 0 unspecified atom stereocenters. The van der Waals surface area contributed by atoms with Crippen molar-refractivity contribution in [1.82, 2.24) is 0 Å². The van der Waals surface area contributed by atoms with E-state index in [9.17, 15) is 4.79 Å². The molecule has 0 fully saturated rings. The van der Waals surface area contributed by atoms with Gasteiger partial charge in [0.2, 0.25) is 0 Å². The van der Waals surface area contributed by atoms with E-state index in [1.807, 2.05) is 24.3 Å². The first-order chi connectivity index (χ1) is 9.00. The van der Waals surface area contributed by atoms with Gasteiger partial charge in [0.25, 0.3) is 0 Å². The van der Waals surface area contributed by atoms with E-state index < -0.39 is 0 Å². The van der Waals surface area contributed by atoms with Gasteiger partial charge in [-0.05, 0) is 52.5 Å². The standard InChI is InChI=1S/C18H24O/c1-14(2)8-7-9-15(3)12-13-17-10-5-6-11-18(17)16(4)19/h5-6,8,10-12H,7,9,13H2,1-4H3/b15-12+. The summed E-state index contributed by atoms with van der Waals surface area (Å²) in [4.78, 5) is 11.5. The van der Waals surface area contributed by atoms with E-state index in [1.165, 1.54) is 11.1 Å². The summed E-state index contributed by atoms with van der Waals surface area (Å²) < 4.78 is 0. The largest absolute Gasteiger partial charge is 0.295 e. The Morgan fingerprint density at radius 3 is 2.37 bits per heavy atom. The maximum atomic E-state index is 11.5. The normalized spacial score (nSPS) is 11.3. The van der Waals surface area contributed by atoms with Crippen LogP contribution in [0.4, 0.5) is 0 Å². The second-order valence-electron chi connectivity index (χ2n) is 5.29. The summed E-state index contributed by atoms with van der Waals surface area (Å²) in [7, 11) is 0. The van der Waals surface area contributed by atoms with Crippen molar-refractivity contribution >= 4 is 5.78 Å². The maximum Gasteiger partial charge on any atom is 0.160 e. The van der Waals surface area contributed by atoms with E-state index in [0.29, 0.717) is 0 Å². The number of benzene rings is 1. The molecule has 1 aromatic carbocycles. The Morgan fingerprint density at radius 1 is 1.05 bits per heavy atom. The summed E-state index contributed by atoms with van der Waals surface area (Å²) >= 11 is 0. The third-order valence-corrected chi connectivity index (χ3v) is 3.16. The summed E-state index contributed by atoms with van der Waals surface area (Å²) in [6.45, 7) is 8.05. The third-order valence-electron chi connectivity index (χ3n) is 3.16. The smallest absolute Gasteiger partial charge is 0.160 e. The fourth-order valence-electron chi connectivity index (χ4n) is 2.02. The Hall–Kier alpha value is -1.63. The van der Waals surface area contributed by atoms with Crippen molar-refractivity contribution in [2.45, 2.75) is 47.0 Å². The zero-order valence-corrected chi connectivity index (χ0v) is 12.5. The zero-order chi connectivity index (χ0) is 14.3. The fraction of sp³-hybridized carbons (Fsp3) is 0.389. The van der Waals surface area contributed by atoms with Crippen LogP contribution in [0.25, 0.3) is 0 Å². The lowest BCUT2D eigenvalue weighted by Gasteiger charge is -2.05. The molecule has 0 saturated carbocycles. The Balaban J connectivity index is 2.65. The molecular weight excluding hydrogens is 232 g/mol. The van der Waals surface area contributed by atoms with Gasteiger partial charge in [-0.1, -0.05) is 47.6 Å². The fourth-order valence-corrected chi connectivity index (χ4v) is 2.02. The van der Waals surface area contributed by atoms with Gasteiger partial charge in [-0.3, -0.25) is 4.79 Å². The van der Waals surface area contributed by atoms with Gasteiger partial charge in [0.1, 0.15) is 0 Å². The molecule has 0 atom stereocenters. The lowest BCUT2D eigenvalue weighted by Crippen LogP contribution is -1.98. The number of carbonyl (C=O) groups excluding carboxylic acids is 1. The first-order valence-electron chi connectivity index (χ1n) is 6.88. The van der Waals surface area contributed by atoms with Crippen LogP contribution in [-0.2, 0) is 6.42 Å². The van der Waals surface area contributed by atoms with Crippen LogP contribution in [0.5, 0.6) is 0 Å². The van der Waals surface area contributed by atoms with Crippen LogP contribution in [0, 0.1) is 0 Å². The Labute approximate surface area is 117 Å². The van der Waals surface area contributed by atoms with Crippen LogP contribution < -0.4 is 0 Å². The molecule has 0 saturated heterocycles. The summed E-state index contributed by atoms with van der Waals surface area (Å²) in [5.41, 5.74) is 4.72. The average Bonchev–Trinajstić information content (AvgIpc) is 2.36. The van der Waals surface area contributed by atoms with Crippen molar-refractivity contribution < 1.29 is 4.79 Å². The van der Waals surface area contributed by atoms with Gasteiger partial charge in [-0.15, -0.1) is 0 Å². The summed E-state index contributed by atoms with van der Waals surface area (Å²) in [5, 5.41) is 0. The third kappa shape index (κ3) is 5.69. The zero-order valence-electron chi connectivity index (χ0n) is 12.5. The predicted octanol–water partition coefficient (Wildman–Crippen LogP) is 5.12. The van der Waals surface area contributed by atoms with Crippen LogP contribution in [0.1, 0.15) is 56.5 Å². The van der Waals surface area contributed by atoms with Gasteiger partial charge in [-0.2, -0.15) is 0 Å². The molecule has 0 aliphatic carbocycles. The molecule has 0 amide bonds. The number of carbonyl (C=O) groups is 1. The van der Waals surface area contributed by atoms with Crippen molar-refractivity contribution in [2.24, 2.45) is 0 Å². The second kappa shape index (κ2) is 7.73. The van der Waals surface area contributed by atoms with E-state index in [0.717, 1.165) is 30.4 Å². The van der Waals surface area contributed by atoms with Gasteiger partial charge >= 0.3 is 0 Å². The van der Waals surface area contributed by atoms with Gasteiger partial charge < -0.3 is 0 Å². The van der Waals surface area contributed by atoms with E-state index in [-0.39, 0.29) is 5.78 Å². The molecular formula is C18H24O. The molecule has 1 rings (SSSR count). The topological polar surface area (TPSA) is 17.1 Å².